The number of carbonyl (C=O) groups excluding carboxylic acids is 1. The second kappa shape index (κ2) is 17.2. The molecule has 268 valence electrons. The van der Waals surface area contributed by atoms with Crippen molar-refractivity contribution < 1.29 is 33.7 Å². The van der Waals surface area contributed by atoms with Crippen molar-refractivity contribution in [3.8, 4) is 22.6 Å². The molecule has 0 saturated carbocycles. The summed E-state index contributed by atoms with van der Waals surface area (Å²) in [5.74, 6) is -0.833. The van der Waals surface area contributed by atoms with Gasteiger partial charge in [0.15, 0.2) is 0 Å². The number of likely N-dealkylation sites (tertiary alicyclic amines) is 1. The SMILES string of the molecule is COc1cc(/C(F)=C/c2cccc(-c3cccc(NC(=O)c4cc(OC)c(CN5CCCC[C@H]5C(=O)O)cn4)c3C)c2C)ncc1CNCCO. The Bertz CT molecular complexity index is 1920. The Labute approximate surface area is 297 Å². The maximum Gasteiger partial charge on any atom is 0.320 e. The smallest absolute Gasteiger partial charge is 0.320 e. The number of carbonyl (C=O) groups is 2. The predicted octanol–water partition coefficient (Wildman–Crippen LogP) is 6.02. The second-order valence-electron chi connectivity index (χ2n) is 12.4. The Kier molecular flexibility index (Phi) is 12.5. The fourth-order valence-corrected chi connectivity index (χ4v) is 6.36. The number of rotatable bonds is 14. The zero-order chi connectivity index (χ0) is 36.5. The molecule has 0 radical (unpaired) electrons. The first-order valence-electron chi connectivity index (χ1n) is 16.9. The molecule has 1 fully saturated rings. The van der Waals surface area contributed by atoms with E-state index in [-0.39, 0.29) is 18.0 Å². The molecule has 2 aromatic heterocycles. The van der Waals surface area contributed by atoms with Crippen LogP contribution in [0.3, 0.4) is 0 Å². The third kappa shape index (κ3) is 8.77. The van der Waals surface area contributed by atoms with E-state index < -0.39 is 23.7 Å². The van der Waals surface area contributed by atoms with Crippen LogP contribution < -0.4 is 20.1 Å². The first kappa shape index (κ1) is 37.1. The van der Waals surface area contributed by atoms with E-state index in [9.17, 15) is 14.7 Å². The summed E-state index contributed by atoms with van der Waals surface area (Å²) in [6.07, 6.45) is 6.96. The number of aliphatic carboxylic acids is 1. The molecule has 4 N–H and O–H groups in total. The predicted molar refractivity (Wildman–Crippen MR) is 194 cm³/mol. The van der Waals surface area contributed by atoms with Crippen LogP contribution in [0.4, 0.5) is 10.1 Å². The number of hydrogen-bond donors (Lipinski definition) is 4. The molecular formula is C39H44FN5O6. The summed E-state index contributed by atoms with van der Waals surface area (Å²) >= 11 is 0. The quantitative estimate of drug-likeness (QED) is 0.115. The normalized spacial score (nSPS) is 15.0. The van der Waals surface area contributed by atoms with Gasteiger partial charge in [0.05, 0.1) is 20.8 Å². The van der Waals surface area contributed by atoms with Crippen LogP contribution in [-0.4, -0.2) is 76.9 Å². The molecule has 0 unspecified atom stereocenters. The second-order valence-corrected chi connectivity index (χ2v) is 12.4. The monoisotopic (exact) mass is 697 g/mol. The zero-order valence-corrected chi connectivity index (χ0v) is 29.3. The Morgan fingerprint density at radius 1 is 0.961 bits per heavy atom. The van der Waals surface area contributed by atoms with Gasteiger partial charge in [-0.3, -0.25) is 24.5 Å². The van der Waals surface area contributed by atoms with Gasteiger partial charge in [0.25, 0.3) is 5.91 Å². The van der Waals surface area contributed by atoms with Gasteiger partial charge in [0, 0.05) is 61.0 Å². The molecule has 4 aromatic rings. The van der Waals surface area contributed by atoms with Crippen molar-refractivity contribution in [3.05, 3.63) is 100 Å². The number of aliphatic hydroxyl groups is 1. The molecule has 1 saturated heterocycles. The molecule has 0 bridgehead atoms. The average molecular weight is 698 g/mol. The summed E-state index contributed by atoms with van der Waals surface area (Å²) in [4.78, 5) is 35.8. The van der Waals surface area contributed by atoms with Crippen LogP contribution in [-0.2, 0) is 17.9 Å². The number of nitrogens with zero attached hydrogens (tertiary/aromatic N) is 3. The van der Waals surface area contributed by atoms with Crippen LogP contribution in [0.2, 0.25) is 0 Å². The van der Waals surface area contributed by atoms with Gasteiger partial charge in [-0.05, 0) is 73.2 Å². The van der Waals surface area contributed by atoms with E-state index in [2.05, 4.69) is 20.6 Å². The summed E-state index contributed by atoms with van der Waals surface area (Å²) in [5.41, 5.74) is 6.43. The van der Waals surface area contributed by atoms with Crippen LogP contribution in [0.5, 0.6) is 11.5 Å². The molecular weight excluding hydrogens is 653 g/mol. The molecule has 2 aromatic carbocycles. The van der Waals surface area contributed by atoms with Crippen molar-refractivity contribution in [2.75, 3.05) is 39.2 Å². The van der Waals surface area contributed by atoms with Crippen molar-refractivity contribution in [2.24, 2.45) is 0 Å². The first-order valence-corrected chi connectivity index (χ1v) is 16.9. The molecule has 1 aliphatic heterocycles. The van der Waals surface area contributed by atoms with Gasteiger partial charge in [-0.2, -0.15) is 0 Å². The molecule has 51 heavy (non-hydrogen) atoms. The number of carboxylic acid groups (broad SMARTS) is 1. The van der Waals surface area contributed by atoms with Crippen molar-refractivity contribution in [2.45, 2.75) is 52.2 Å². The highest BCUT2D eigenvalue weighted by Crippen LogP contribution is 2.34. The number of amides is 1. The number of anilines is 1. The maximum absolute atomic E-state index is 15.6. The van der Waals surface area contributed by atoms with Crippen molar-refractivity contribution in [3.63, 3.8) is 0 Å². The number of pyridine rings is 2. The molecule has 11 nitrogen and oxygen atoms in total. The molecule has 5 rings (SSSR count). The fraction of sp³-hybridized carbons (Fsp3) is 0.333. The van der Waals surface area contributed by atoms with Crippen LogP contribution >= 0.6 is 0 Å². The Balaban J connectivity index is 1.35. The number of nitrogens with one attached hydrogen (secondary N) is 2. The molecule has 1 amide bonds. The van der Waals surface area contributed by atoms with Crippen molar-refractivity contribution >= 4 is 29.5 Å². The fourth-order valence-electron chi connectivity index (χ4n) is 6.36. The van der Waals surface area contributed by atoms with Crippen LogP contribution in [0.1, 0.15) is 63.3 Å². The van der Waals surface area contributed by atoms with E-state index in [1.54, 1.807) is 24.5 Å². The number of benzene rings is 2. The van der Waals surface area contributed by atoms with Crippen molar-refractivity contribution in [1.29, 1.82) is 0 Å². The first-order chi connectivity index (χ1) is 24.6. The minimum Gasteiger partial charge on any atom is -0.496 e. The highest BCUT2D eigenvalue weighted by molar-refractivity contribution is 6.04. The Morgan fingerprint density at radius 2 is 1.63 bits per heavy atom. The van der Waals surface area contributed by atoms with Crippen LogP contribution in [0, 0.1) is 13.8 Å². The standard InChI is InChI=1S/C39H44FN5O6/c1-24-26(17-31(40)33-18-36(50-3)27(21-42-33)20-41-14-16-46)9-7-10-29(24)30-11-8-12-32(25(30)2)44-38(47)34-19-37(51-4)28(22-43-34)23-45-15-6-5-13-35(45)39(48)49/h7-12,17-19,21-22,35,41,46H,5-6,13-16,20,23H2,1-4H3,(H,44,47)(H,48,49)/b31-17-/t35-/m0/s1. The van der Waals surface area contributed by atoms with E-state index in [4.69, 9.17) is 14.6 Å². The summed E-state index contributed by atoms with van der Waals surface area (Å²) in [6.45, 7) is 5.70. The van der Waals surface area contributed by atoms with E-state index >= 15 is 4.39 Å². The molecule has 0 aliphatic carbocycles. The molecule has 1 aliphatic rings. The Morgan fingerprint density at radius 3 is 2.35 bits per heavy atom. The highest BCUT2D eigenvalue weighted by atomic mass is 19.1. The minimum atomic E-state index is -0.843. The largest absolute Gasteiger partial charge is 0.496 e. The number of carboxylic acids is 1. The molecule has 1 atom stereocenters. The topological polar surface area (TPSA) is 146 Å². The summed E-state index contributed by atoms with van der Waals surface area (Å²) in [7, 11) is 3.03. The third-order valence-corrected chi connectivity index (χ3v) is 9.21. The van der Waals surface area contributed by atoms with E-state index in [0.29, 0.717) is 60.9 Å². The molecule has 0 spiro atoms. The summed E-state index contributed by atoms with van der Waals surface area (Å²) < 4.78 is 26.6. The molecule has 12 heteroatoms. The number of ether oxygens (including phenoxy) is 2. The highest BCUT2D eigenvalue weighted by Gasteiger charge is 2.29. The Hall–Kier alpha value is -5.17. The number of halogens is 1. The van der Waals surface area contributed by atoms with Crippen molar-refractivity contribution in [1.82, 2.24) is 20.2 Å². The number of hydrogen-bond acceptors (Lipinski definition) is 9. The van der Waals surface area contributed by atoms with Crippen LogP contribution in [0.15, 0.2) is 60.9 Å². The number of aliphatic hydroxyl groups excluding tert-OH is 1. The van der Waals surface area contributed by atoms with Gasteiger partial charge in [-0.1, -0.05) is 36.8 Å². The van der Waals surface area contributed by atoms with Gasteiger partial charge in [-0.25, -0.2) is 4.39 Å². The maximum atomic E-state index is 15.6. The summed E-state index contributed by atoms with van der Waals surface area (Å²) in [6, 6.07) is 13.8. The zero-order valence-electron chi connectivity index (χ0n) is 29.3. The number of aromatic nitrogens is 2. The van der Waals surface area contributed by atoms with E-state index in [1.807, 2.05) is 55.1 Å². The van der Waals surface area contributed by atoms with Gasteiger partial charge in [0.2, 0.25) is 0 Å². The molecule has 3 heterocycles. The number of methoxy groups -OCH3 is 2. The lowest BCUT2D eigenvalue weighted by atomic mass is 9.92. The lowest BCUT2D eigenvalue weighted by molar-refractivity contribution is -0.144. The summed E-state index contributed by atoms with van der Waals surface area (Å²) in [5, 5.41) is 24.7. The third-order valence-electron chi connectivity index (χ3n) is 9.21. The minimum absolute atomic E-state index is 0.00286. The average Bonchev–Trinajstić information content (AvgIpc) is 3.14. The van der Waals surface area contributed by atoms with Gasteiger partial charge in [-0.15, -0.1) is 0 Å². The lowest BCUT2D eigenvalue weighted by Gasteiger charge is -2.33. The van der Waals surface area contributed by atoms with Gasteiger partial charge < -0.3 is 30.3 Å². The lowest BCUT2D eigenvalue weighted by Crippen LogP contribution is -2.44. The van der Waals surface area contributed by atoms with E-state index in [0.717, 1.165) is 40.7 Å². The van der Waals surface area contributed by atoms with Gasteiger partial charge >= 0.3 is 5.97 Å². The number of piperidine rings is 1. The van der Waals surface area contributed by atoms with E-state index in [1.165, 1.54) is 20.3 Å². The van der Waals surface area contributed by atoms with Gasteiger partial charge in [0.1, 0.15) is 34.8 Å². The van der Waals surface area contributed by atoms with Crippen LogP contribution in [0.25, 0.3) is 23.0 Å².